The molecule has 0 aromatic carbocycles. The van der Waals surface area contributed by atoms with E-state index in [2.05, 4.69) is 27.9 Å². The number of thioether (sulfide) groups is 1. The van der Waals surface area contributed by atoms with Crippen molar-refractivity contribution in [2.75, 3.05) is 6.61 Å². The second kappa shape index (κ2) is 7.56. The summed E-state index contributed by atoms with van der Waals surface area (Å²) in [6, 6.07) is 4.06. The van der Waals surface area contributed by atoms with Crippen LogP contribution in [0, 0.1) is 6.92 Å². The predicted molar refractivity (Wildman–Crippen MR) is 84.8 cm³/mol. The quantitative estimate of drug-likeness (QED) is 0.622. The second-order valence-electron chi connectivity index (χ2n) is 5.23. The molecule has 0 aliphatic carbocycles. The highest BCUT2D eigenvalue weighted by molar-refractivity contribution is 7.98. The van der Waals surface area contributed by atoms with Gasteiger partial charge in [-0.2, -0.15) is 0 Å². The molecule has 1 fully saturated rings. The Balaban J connectivity index is 1.52. The fraction of sp³-hybridized carbons (Fsp3) is 0.438. The number of ether oxygens (including phenoxy) is 2. The Morgan fingerprint density at radius 3 is 2.86 bits per heavy atom. The van der Waals surface area contributed by atoms with E-state index in [9.17, 15) is 0 Å². The smallest absolute Gasteiger partial charge is 0.199 e. The maximum Gasteiger partial charge on any atom is 0.199 e. The molecule has 0 spiro atoms. The molecule has 0 radical (unpaired) electrons. The standard InChI is InChI=1S/C16H19N3O2S/c1-12-5-6-17-13(8-12)11-22-16-18-9-14(10-19-16)21-15-4-2-3-7-20-15/h5-6,8-10,15H,2-4,7,11H2,1H3. The van der Waals surface area contributed by atoms with Crippen LogP contribution < -0.4 is 4.74 Å². The number of pyridine rings is 1. The van der Waals surface area contributed by atoms with Crippen molar-refractivity contribution in [2.45, 2.75) is 43.4 Å². The lowest BCUT2D eigenvalue weighted by Gasteiger charge is -2.22. The first-order chi connectivity index (χ1) is 10.8. The average molecular weight is 317 g/mol. The van der Waals surface area contributed by atoms with Gasteiger partial charge in [-0.3, -0.25) is 4.98 Å². The van der Waals surface area contributed by atoms with E-state index in [0.717, 1.165) is 42.5 Å². The van der Waals surface area contributed by atoms with Gasteiger partial charge in [0.1, 0.15) is 0 Å². The van der Waals surface area contributed by atoms with Gasteiger partial charge in [-0.05, 0) is 37.5 Å². The Hall–Kier alpha value is -1.66. The van der Waals surface area contributed by atoms with Gasteiger partial charge >= 0.3 is 0 Å². The highest BCUT2D eigenvalue weighted by Crippen LogP contribution is 2.21. The molecule has 1 saturated heterocycles. The summed E-state index contributed by atoms with van der Waals surface area (Å²) in [5, 5.41) is 0.722. The second-order valence-corrected chi connectivity index (χ2v) is 6.17. The van der Waals surface area contributed by atoms with Gasteiger partial charge in [0.05, 0.1) is 24.7 Å². The van der Waals surface area contributed by atoms with Crippen LogP contribution >= 0.6 is 11.8 Å². The van der Waals surface area contributed by atoms with Gasteiger partial charge in [-0.25, -0.2) is 9.97 Å². The third kappa shape index (κ3) is 4.42. The van der Waals surface area contributed by atoms with Crippen molar-refractivity contribution in [3.63, 3.8) is 0 Å². The van der Waals surface area contributed by atoms with E-state index >= 15 is 0 Å². The molecule has 22 heavy (non-hydrogen) atoms. The summed E-state index contributed by atoms with van der Waals surface area (Å²) in [6.45, 7) is 2.83. The summed E-state index contributed by atoms with van der Waals surface area (Å²) in [6.07, 6.45) is 8.26. The Labute approximate surface area is 134 Å². The minimum absolute atomic E-state index is 0.160. The molecular formula is C16H19N3O2S. The van der Waals surface area contributed by atoms with E-state index in [1.54, 1.807) is 24.2 Å². The molecule has 1 atom stereocenters. The largest absolute Gasteiger partial charge is 0.462 e. The van der Waals surface area contributed by atoms with E-state index < -0.39 is 0 Å². The zero-order valence-corrected chi connectivity index (χ0v) is 13.4. The topological polar surface area (TPSA) is 57.1 Å². The maximum absolute atomic E-state index is 5.72. The van der Waals surface area contributed by atoms with Crippen molar-refractivity contribution in [3.8, 4) is 5.75 Å². The van der Waals surface area contributed by atoms with Gasteiger partial charge in [-0.1, -0.05) is 11.8 Å². The minimum Gasteiger partial charge on any atom is -0.462 e. The summed E-state index contributed by atoms with van der Waals surface area (Å²) < 4.78 is 11.3. The minimum atomic E-state index is -0.160. The van der Waals surface area contributed by atoms with E-state index in [4.69, 9.17) is 9.47 Å². The molecule has 3 heterocycles. The summed E-state index contributed by atoms with van der Waals surface area (Å²) in [5.41, 5.74) is 2.24. The van der Waals surface area contributed by atoms with Crippen LogP contribution in [0.25, 0.3) is 0 Å². The number of hydrogen-bond acceptors (Lipinski definition) is 6. The SMILES string of the molecule is Cc1ccnc(CSc2ncc(OC3CCCCO3)cn2)c1. The third-order valence-corrected chi connectivity index (χ3v) is 4.24. The van der Waals surface area contributed by atoms with Gasteiger partial charge in [0.15, 0.2) is 17.2 Å². The summed E-state index contributed by atoms with van der Waals surface area (Å²) in [4.78, 5) is 13.0. The molecule has 3 rings (SSSR count). The number of aromatic nitrogens is 3. The predicted octanol–water partition coefficient (Wildman–Crippen LogP) is 3.38. The van der Waals surface area contributed by atoms with E-state index in [0.29, 0.717) is 5.75 Å². The van der Waals surface area contributed by atoms with Crippen LogP contribution in [0.4, 0.5) is 0 Å². The summed E-state index contributed by atoms with van der Waals surface area (Å²) in [7, 11) is 0. The fourth-order valence-corrected chi connectivity index (χ4v) is 2.90. The molecule has 1 aliphatic heterocycles. The van der Waals surface area contributed by atoms with Crippen molar-refractivity contribution >= 4 is 11.8 Å². The van der Waals surface area contributed by atoms with Crippen LogP contribution in [0.5, 0.6) is 5.75 Å². The van der Waals surface area contributed by atoms with Gasteiger partial charge in [-0.15, -0.1) is 0 Å². The summed E-state index contributed by atoms with van der Waals surface area (Å²) >= 11 is 1.57. The van der Waals surface area contributed by atoms with Crippen molar-refractivity contribution in [3.05, 3.63) is 42.0 Å². The first kappa shape index (κ1) is 15.2. The van der Waals surface area contributed by atoms with Crippen molar-refractivity contribution in [1.29, 1.82) is 0 Å². The van der Waals surface area contributed by atoms with Gasteiger partial charge < -0.3 is 9.47 Å². The van der Waals surface area contributed by atoms with Crippen LogP contribution in [-0.4, -0.2) is 27.8 Å². The monoisotopic (exact) mass is 317 g/mol. The first-order valence-corrected chi connectivity index (χ1v) is 8.43. The Bertz CT molecular complexity index is 601. The van der Waals surface area contributed by atoms with Crippen LogP contribution in [0.2, 0.25) is 0 Å². The van der Waals surface area contributed by atoms with E-state index in [1.807, 2.05) is 12.3 Å². The lowest BCUT2D eigenvalue weighted by molar-refractivity contribution is -0.106. The number of hydrogen-bond donors (Lipinski definition) is 0. The number of aryl methyl sites for hydroxylation is 1. The van der Waals surface area contributed by atoms with Crippen LogP contribution in [0.15, 0.2) is 35.9 Å². The highest BCUT2D eigenvalue weighted by Gasteiger charge is 2.15. The Kier molecular flexibility index (Phi) is 5.24. The highest BCUT2D eigenvalue weighted by atomic mass is 32.2. The lowest BCUT2D eigenvalue weighted by Crippen LogP contribution is -2.25. The average Bonchev–Trinajstić information content (AvgIpc) is 2.55. The fourth-order valence-electron chi connectivity index (χ4n) is 2.21. The third-order valence-electron chi connectivity index (χ3n) is 3.33. The number of rotatable bonds is 5. The molecule has 0 N–H and O–H groups in total. The Morgan fingerprint density at radius 1 is 1.27 bits per heavy atom. The van der Waals surface area contributed by atoms with E-state index in [-0.39, 0.29) is 6.29 Å². The summed E-state index contributed by atoms with van der Waals surface area (Å²) in [5.74, 6) is 1.41. The normalized spacial score (nSPS) is 18.1. The molecule has 5 nitrogen and oxygen atoms in total. The Morgan fingerprint density at radius 2 is 2.14 bits per heavy atom. The zero-order chi connectivity index (χ0) is 15.2. The molecule has 6 heteroatoms. The lowest BCUT2D eigenvalue weighted by atomic mass is 10.2. The molecule has 2 aromatic heterocycles. The molecule has 0 bridgehead atoms. The molecule has 1 unspecified atom stereocenters. The van der Waals surface area contributed by atoms with Gasteiger partial charge in [0.2, 0.25) is 0 Å². The van der Waals surface area contributed by atoms with Crippen molar-refractivity contribution in [1.82, 2.24) is 15.0 Å². The van der Waals surface area contributed by atoms with Crippen LogP contribution in [0.3, 0.4) is 0 Å². The maximum atomic E-state index is 5.72. The molecule has 116 valence electrons. The van der Waals surface area contributed by atoms with Crippen LogP contribution in [-0.2, 0) is 10.5 Å². The molecule has 0 saturated carbocycles. The van der Waals surface area contributed by atoms with Gasteiger partial charge in [0.25, 0.3) is 0 Å². The zero-order valence-electron chi connectivity index (χ0n) is 12.6. The van der Waals surface area contributed by atoms with Crippen molar-refractivity contribution in [2.24, 2.45) is 0 Å². The molecular weight excluding hydrogens is 298 g/mol. The van der Waals surface area contributed by atoms with Crippen molar-refractivity contribution < 1.29 is 9.47 Å². The molecule has 2 aromatic rings. The number of nitrogens with zero attached hydrogens (tertiary/aromatic N) is 3. The molecule has 0 amide bonds. The van der Waals surface area contributed by atoms with Crippen LogP contribution in [0.1, 0.15) is 30.5 Å². The first-order valence-electron chi connectivity index (χ1n) is 7.44. The molecule has 1 aliphatic rings. The van der Waals surface area contributed by atoms with Gasteiger partial charge in [0, 0.05) is 18.4 Å². The van der Waals surface area contributed by atoms with E-state index in [1.165, 1.54) is 5.56 Å².